The predicted octanol–water partition coefficient (Wildman–Crippen LogP) is 2.61. The molecule has 2 aromatic rings. The average Bonchev–Trinajstić information content (AvgIpc) is 3.15. The molecule has 138 valence electrons. The van der Waals surface area contributed by atoms with Gasteiger partial charge in [-0.3, -0.25) is 9.59 Å². The van der Waals surface area contributed by atoms with E-state index in [0.717, 1.165) is 17.7 Å². The highest BCUT2D eigenvalue weighted by atomic mass is 32.1. The van der Waals surface area contributed by atoms with Crippen LogP contribution in [0.15, 0.2) is 47.8 Å². The van der Waals surface area contributed by atoms with Crippen LogP contribution in [0.5, 0.6) is 0 Å². The molecule has 0 spiro atoms. The molecule has 0 unspecified atom stereocenters. The number of carbonyl (C=O) groups is 2. The fraction of sp³-hybridized carbons (Fsp3) is 0.400. The lowest BCUT2D eigenvalue weighted by atomic mass is 10.1. The van der Waals surface area contributed by atoms with Gasteiger partial charge in [0.05, 0.1) is 13.2 Å². The lowest BCUT2D eigenvalue weighted by Gasteiger charge is -2.34. The Balaban J connectivity index is 1.56. The topological polar surface area (TPSA) is 58.6 Å². The Morgan fingerprint density at radius 3 is 2.85 bits per heavy atom. The first-order valence-electron chi connectivity index (χ1n) is 8.87. The maximum absolute atomic E-state index is 12.7. The fourth-order valence-corrected chi connectivity index (χ4v) is 3.73. The zero-order chi connectivity index (χ0) is 18.4. The molecule has 0 radical (unpaired) electrons. The van der Waals surface area contributed by atoms with Crippen molar-refractivity contribution in [2.24, 2.45) is 0 Å². The number of nitrogens with zero attached hydrogens (tertiary/aromatic N) is 1. The molecule has 1 saturated heterocycles. The molecule has 0 aliphatic carbocycles. The number of amides is 2. The second kappa shape index (κ2) is 8.96. The molecule has 2 atom stereocenters. The van der Waals surface area contributed by atoms with Crippen LogP contribution in [-0.4, -0.2) is 42.0 Å². The van der Waals surface area contributed by atoms with Gasteiger partial charge in [0.25, 0.3) is 0 Å². The third kappa shape index (κ3) is 4.93. The number of benzene rings is 1. The lowest BCUT2D eigenvalue weighted by Crippen LogP contribution is -2.57. The van der Waals surface area contributed by atoms with Crippen LogP contribution in [0.1, 0.15) is 23.8 Å². The summed E-state index contributed by atoms with van der Waals surface area (Å²) in [6, 6.07) is 13.6. The van der Waals surface area contributed by atoms with Crippen molar-refractivity contribution in [2.75, 3.05) is 13.2 Å². The highest BCUT2D eigenvalue weighted by Crippen LogP contribution is 2.17. The number of ether oxygens (including phenoxy) is 1. The van der Waals surface area contributed by atoms with Crippen LogP contribution in [0.2, 0.25) is 0 Å². The Labute approximate surface area is 158 Å². The summed E-state index contributed by atoms with van der Waals surface area (Å²) in [4.78, 5) is 27.7. The number of hydrogen-bond acceptors (Lipinski definition) is 4. The smallest absolute Gasteiger partial charge is 0.249 e. The lowest BCUT2D eigenvalue weighted by molar-refractivity contribution is -0.155. The molecule has 1 aliphatic rings. The molecule has 1 aliphatic heterocycles. The Morgan fingerprint density at radius 1 is 1.31 bits per heavy atom. The van der Waals surface area contributed by atoms with Gasteiger partial charge in [0.2, 0.25) is 11.8 Å². The maximum Gasteiger partial charge on any atom is 0.249 e. The number of morpholine rings is 1. The summed E-state index contributed by atoms with van der Waals surface area (Å²) < 4.78 is 5.33. The molecular weight excluding hydrogens is 348 g/mol. The summed E-state index contributed by atoms with van der Waals surface area (Å²) in [6.45, 7) is 2.74. The molecule has 1 aromatic carbocycles. The quantitative estimate of drug-likeness (QED) is 0.813. The molecule has 26 heavy (non-hydrogen) atoms. The van der Waals surface area contributed by atoms with E-state index in [1.165, 1.54) is 5.56 Å². The molecule has 2 heterocycles. The van der Waals surface area contributed by atoms with Gasteiger partial charge in [-0.1, -0.05) is 36.4 Å². The summed E-state index contributed by atoms with van der Waals surface area (Å²) in [7, 11) is 0. The number of aryl methyl sites for hydroxylation is 1. The Kier molecular flexibility index (Phi) is 6.41. The first-order chi connectivity index (χ1) is 12.6. The van der Waals surface area contributed by atoms with Gasteiger partial charge >= 0.3 is 0 Å². The monoisotopic (exact) mass is 372 g/mol. The number of hydrogen-bond donors (Lipinski definition) is 1. The maximum atomic E-state index is 12.7. The van der Waals surface area contributed by atoms with Gasteiger partial charge in [-0.2, -0.15) is 0 Å². The third-order valence-electron chi connectivity index (χ3n) is 4.50. The molecule has 3 rings (SSSR count). The van der Waals surface area contributed by atoms with E-state index in [4.69, 9.17) is 4.74 Å². The molecule has 1 fully saturated rings. The Hall–Kier alpha value is -2.18. The SMILES string of the molecule is C[C@@H](CCc1ccccc1)NC(=O)[C@@H]1COCC(=O)N1Cc1cccs1. The number of nitrogens with one attached hydrogen (secondary N) is 1. The summed E-state index contributed by atoms with van der Waals surface area (Å²) in [5.41, 5.74) is 1.25. The summed E-state index contributed by atoms with van der Waals surface area (Å²) in [5, 5.41) is 5.01. The van der Waals surface area contributed by atoms with Crippen LogP contribution in [0.4, 0.5) is 0 Å². The van der Waals surface area contributed by atoms with E-state index >= 15 is 0 Å². The average molecular weight is 372 g/mol. The van der Waals surface area contributed by atoms with E-state index < -0.39 is 6.04 Å². The summed E-state index contributed by atoms with van der Waals surface area (Å²) >= 11 is 1.59. The summed E-state index contributed by atoms with van der Waals surface area (Å²) in [5.74, 6) is -0.281. The van der Waals surface area contributed by atoms with E-state index in [1.807, 2.05) is 42.6 Å². The number of carbonyl (C=O) groups excluding carboxylic acids is 2. The van der Waals surface area contributed by atoms with Gasteiger partial charge < -0.3 is 15.0 Å². The van der Waals surface area contributed by atoms with Crippen LogP contribution in [0, 0.1) is 0 Å². The van der Waals surface area contributed by atoms with E-state index in [0.29, 0.717) is 6.54 Å². The standard InChI is InChI=1S/C20H24N2O3S/c1-15(9-10-16-6-3-2-4-7-16)21-20(24)18-13-25-14-19(23)22(18)12-17-8-5-11-26-17/h2-8,11,15,18H,9-10,12-14H2,1H3,(H,21,24)/t15-,18-/m0/s1. The van der Waals surface area contributed by atoms with Crippen LogP contribution in [-0.2, 0) is 27.3 Å². The minimum atomic E-state index is -0.572. The highest BCUT2D eigenvalue weighted by Gasteiger charge is 2.34. The van der Waals surface area contributed by atoms with Crippen LogP contribution >= 0.6 is 11.3 Å². The largest absolute Gasteiger partial charge is 0.369 e. The minimum Gasteiger partial charge on any atom is -0.369 e. The van der Waals surface area contributed by atoms with Crippen molar-refractivity contribution in [2.45, 2.75) is 38.4 Å². The normalized spacial score (nSPS) is 18.6. The van der Waals surface area contributed by atoms with Crippen molar-refractivity contribution in [3.05, 3.63) is 58.3 Å². The minimum absolute atomic E-state index is 0.0309. The second-order valence-corrected chi connectivity index (χ2v) is 7.60. The predicted molar refractivity (Wildman–Crippen MR) is 102 cm³/mol. The first-order valence-corrected chi connectivity index (χ1v) is 9.75. The zero-order valence-electron chi connectivity index (χ0n) is 14.9. The van der Waals surface area contributed by atoms with Gasteiger partial charge in [-0.15, -0.1) is 11.3 Å². The molecule has 6 heteroatoms. The molecule has 0 saturated carbocycles. The van der Waals surface area contributed by atoms with Crippen molar-refractivity contribution in [1.82, 2.24) is 10.2 Å². The van der Waals surface area contributed by atoms with Crippen molar-refractivity contribution in [3.63, 3.8) is 0 Å². The van der Waals surface area contributed by atoms with Gasteiger partial charge in [0, 0.05) is 10.9 Å². The van der Waals surface area contributed by atoms with E-state index in [1.54, 1.807) is 16.2 Å². The van der Waals surface area contributed by atoms with Gasteiger partial charge in [0.15, 0.2) is 0 Å². The number of thiophene rings is 1. The van der Waals surface area contributed by atoms with Crippen LogP contribution < -0.4 is 5.32 Å². The molecular formula is C20H24N2O3S. The first kappa shape index (κ1) is 18.6. The van der Waals surface area contributed by atoms with E-state index in [2.05, 4.69) is 17.4 Å². The summed E-state index contributed by atoms with van der Waals surface area (Å²) in [6.07, 6.45) is 1.75. The number of rotatable bonds is 7. The van der Waals surface area contributed by atoms with Gasteiger partial charge in [-0.05, 0) is 36.8 Å². The third-order valence-corrected chi connectivity index (χ3v) is 5.37. The van der Waals surface area contributed by atoms with Crippen molar-refractivity contribution < 1.29 is 14.3 Å². The van der Waals surface area contributed by atoms with Crippen LogP contribution in [0.3, 0.4) is 0 Å². The van der Waals surface area contributed by atoms with E-state index in [9.17, 15) is 9.59 Å². The molecule has 1 aromatic heterocycles. The van der Waals surface area contributed by atoms with E-state index in [-0.39, 0.29) is 31.1 Å². The fourth-order valence-electron chi connectivity index (χ4n) is 3.03. The van der Waals surface area contributed by atoms with Crippen LogP contribution in [0.25, 0.3) is 0 Å². The van der Waals surface area contributed by atoms with Crippen molar-refractivity contribution in [3.8, 4) is 0 Å². The Morgan fingerprint density at radius 2 is 2.12 bits per heavy atom. The Bertz CT molecular complexity index is 718. The highest BCUT2D eigenvalue weighted by molar-refractivity contribution is 7.09. The molecule has 1 N–H and O–H groups in total. The van der Waals surface area contributed by atoms with Gasteiger partial charge in [0.1, 0.15) is 12.6 Å². The van der Waals surface area contributed by atoms with Crippen molar-refractivity contribution >= 4 is 23.2 Å². The zero-order valence-corrected chi connectivity index (χ0v) is 15.7. The van der Waals surface area contributed by atoms with Gasteiger partial charge in [-0.25, -0.2) is 0 Å². The molecule has 5 nitrogen and oxygen atoms in total. The molecule has 2 amide bonds. The van der Waals surface area contributed by atoms with Crippen molar-refractivity contribution in [1.29, 1.82) is 0 Å². The molecule has 0 bridgehead atoms. The second-order valence-electron chi connectivity index (χ2n) is 6.57.